The molecule has 1 aliphatic heterocycles. The predicted octanol–water partition coefficient (Wildman–Crippen LogP) is 1.23. The van der Waals surface area contributed by atoms with Crippen LogP contribution >= 0.6 is 0 Å². The molecule has 0 saturated carbocycles. The molecule has 1 atom stereocenters. The van der Waals surface area contributed by atoms with E-state index in [1.165, 1.54) is 10.4 Å². The van der Waals surface area contributed by atoms with E-state index in [2.05, 4.69) is 0 Å². The van der Waals surface area contributed by atoms with Crippen LogP contribution < -0.4 is 5.73 Å². The molecule has 1 aliphatic rings. The lowest BCUT2D eigenvalue weighted by molar-refractivity contribution is 0.349. The lowest BCUT2D eigenvalue weighted by atomic mass is 9.90. The van der Waals surface area contributed by atoms with Crippen molar-refractivity contribution >= 4 is 10.0 Å². The molecule has 1 fully saturated rings. The van der Waals surface area contributed by atoms with E-state index in [0.717, 1.165) is 6.42 Å². The molecule has 0 aromatic heterocycles. The van der Waals surface area contributed by atoms with Gasteiger partial charge in [0.05, 0.1) is 16.5 Å². The fraction of sp³-hybridized carbons (Fsp3) is 0.500. The number of nitriles is 1. The summed E-state index contributed by atoms with van der Waals surface area (Å²) in [6, 6.07) is 6.66. The maximum Gasteiger partial charge on any atom is 0.243 e. The highest BCUT2D eigenvalue weighted by Crippen LogP contribution is 2.32. The first-order valence-corrected chi connectivity index (χ1v) is 7.97. The normalized spacial score (nSPS) is 23.7. The fourth-order valence-electron chi connectivity index (χ4n) is 2.42. The lowest BCUT2D eigenvalue weighted by Crippen LogP contribution is -2.34. The summed E-state index contributed by atoms with van der Waals surface area (Å²) in [6.07, 6.45) is 0.776. The highest BCUT2D eigenvalue weighted by atomic mass is 32.2. The van der Waals surface area contributed by atoms with Crippen molar-refractivity contribution in [2.75, 3.05) is 19.6 Å². The van der Waals surface area contributed by atoms with Crippen molar-refractivity contribution in [1.29, 1.82) is 5.26 Å². The molecule has 1 heterocycles. The van der Waals surface area contributed by atoms with Crippen molar-refractivity contribution in [1.82, 2.24) is 4.31 Å². The van der Waals surface area contributed by atoms with Crippen molar-refractivity contribution in [3.63, 3.8) is 0 Å². The fourth-order valence-corrected chi connectivity index (χ4v) is 4.10. The molecule has 2 rings (SSSR count). The molecule has 0 spiro atoms. The molecular formula is C14H19N3O2S. The van der Waals surface area contributed by atoms with Crippen LogP contribution in [0.4, 0.5) is 0 Å². The maximum atomic E-state index is 12.6. The van der Waals surface area contributed by atoms with Crippen LogP contribution in [-0.4, -0.2) is 32.4 Å². The first-order chi connectivity index (χ1) is 9.32. The first-order valence-electron chi connectivity index (χ1n) is 6.53. The summed E-state index contributed by atoms with van der Waals surface area (Å²) in [5.41, 5.74) is 6.75. The maximum absolute atomic E-state index is 12.6. The van der Waals surface area contributed by atoms with Crippen molar-refractivity contribution in [2.45, 2.75) is 25.2 Å². The van der Waals surface area contributed by atoms with Gasteiger partial charge in [0.25, 0.3) is 0 Å². The summed E-state index contributed by atoms with van der Waals surface area (Å²) >= 11 is 0. The van der Waals surface area contributed by atoms with Crippen LogP contribution in [-0.2, 0) is 10.0 Å². The van der Waals surface area contributed by atoms with Gasteiger partial charge in [0.15, 0.2) is 0 Å². The van der Waals surface area contributed by atoms with Gasteiger partial charge in [0.1, 0.15) is 0 Å². The molecule has 20 heavy (non-hydrogen) atoms. The average molecular weight is 293 g/mol. The molecule has 1 aromatic carbocycles. The third-order valence-electron chi connectivity index (χ3n) is 3.97. The average Bonchev–Trinajstić information content (AvgIpc) is 2.83. The zero-order valence-electron chi connectivity index (χ0n) is 11.8. The molecular weight excluding hydrogens is 274 g/mol. The summed E-state index contributed by atoms with van der Waals surface area (Å²) in [7, 11) is -3.50. The number of hydrogen-bond acceptors (Lipinski definition) is 4. The minimum Gasteiger partial charge on any atom is -0.330 e. The van der Waals surface area contributed by atoms with Crippen molar-refractivity contribution < 1.29 is 8.42 Å². The minimum atomic E-state index is -3.50. The highest BCUT2D eigenvalue weighted by molar-refractivity contribution is 7.89. The zero-order valence-corrected chi connectivity index (χ0v) is 12.6. The van der Waals surface area contributed by atoms with E-state index in [9.17, 15) is 8.42 Å². The Balaban J connectivity index is 2.33. The second kappa shape index (κ2) is 5.17. The summed E-state index contributed by atoms with van der Waals surface area (Å²) in [5.74, 6) is 0. The molecule has 0 amide bonds. The van der Waals surface area contributed by atoms with Crippen molar-refractivity contribution in [3.05, 3.63) is 29.3 Å². The summed E-state index contributed by atoms with van der Waals surface area (Å²) in [5, 5.41) is 8.90. The molecule has 5 nitrogen and oxygen atoms in total. The van der Waals surface area contributed by atoms with Crippen LogP contribution in [0.3, 0.4) is 0 Å². The monoisotopic (exact) mass is 293 g/mol. The Hall–Kier alpha value is -1.42. The first kappa shape index (κ1) is 15.0. The third kappa shape index (κ3) is 2.57. The number of nitrogens with zero attached hydrogens (tertiary/aromatic N) is 2. The van der Waals surface area contributed by atoms with Gasteiger partial charge in [-0.1, -0.05) is 6.92 Å². The zero-order chi connectivity index (χ0) is 15.0. The number of benzene rings is 1. The van der Waals surface area contributed by atoms with Gasteiger partial charge in [-0.15, -0.1) is 0 Å². The Kier molecular flexibility index (Phi) is 3.87. The largest absolute Gasteiger partial charge is 0.330 e. The van der Waals surface area contributed by atoms with Gasteiger partial charge in [-0.3, -0.25) is 0 Å². The quantitative estimate of drug-likeness (QED) is 0.908. The Morgan fingerprint density at radius 2 is 2.20 bits per heavy atom. The summed E-state index contributed by atoms with van der Waals surface area (Å²) in [6.45, 7) is 5.17. The number of aryl methyl sites for hydroxylation is 1. The highest BCUT2D eigenvalue weighted by Gasteiger charge is 2.39. The smallest absolute Gasteiger partial charge is 0.243 e. The van der Waals surface area contributed by atoms with Gasteiger partial charge < -0.3 is 5.73 Å². The van der Waals surface area contributed by atoms with Crippen molar-refractivity contribution in [2.24, 2.45) is 11.1 Å². The molecule has 1 saturated heterocycles. The number of nitrogens with two attached hydrogens (primary N) is 1. The Labute approximate surface area is 120 Å². The van der Waals surface area contributed by atoms with Crippen LogP contribution in [0.2, 0.25) is 0 Å². The van der Waals surface area contributed by atoms with E-state index in [0.29, 0.717) is 30.8 Å². The van der Waals surface area contributed by atoms with E-state index < -0.39 is 10.0 Å². The van der Waals surface area contributed by atoms with E-state index in [1.54, 1.807) is 19.1 Å². The van der Waals surface area contributed by atoms with Gasteiger partial charge in [0.2, 0.25) is 10.0 Å². The molecule has 0 bridgehead atoms. The third-order valence-corrected chi connectivity index (χ3v) is 5.81. The Morgan fingerprint density at radius 3 is 2.70 bits per heavy atom. The molecule has 108 valence electrons. The van der Waals surface area contributed by atoms with E-state index >= 15 is 0 Å². The summed E-state index contributed by atoms with van der Waals surface area (Å²) in [4.78, 5) is 0.246. The summed E-state index contributed by atoms with van der Waals surface area (Å²) < 4.78 is 26.7. The topological polar surface area (TPSA) is 87.2 Å². The number of rotatable bonds is 3. The van der Waals surface area contributed by atoms with Gasteiger partial charge >= 0.3 is 0 Å². The second-order valence-corrected chi connectivity index (χ2v) is 7.63. The molecule has 1 unspecified atom stereocenters. The molecule has 6 heteroatoms. The van der Waals surface area contributed by atoms with Gasteiger partial charge in [-0.05, 0) is 49.1 Å². The van der Waals surface area contributed by atoms with Gasteiger partial charge in [-0.2, -0.15) is 9.57 Å². The second-order valence-electron chi connectivity index (χ2n) is 5.69. The van der Waals surface area contributed by atoms with Crippen LogP contribution in [0, 0.1) is 23.7 Å². The molecule has 0 radical (unpaired) electrons. The minimum absolute atomic E-state index is 0.144. The molecule has 0 aliphatic carbocycles. The van der Waals surface area contributed by atoms with Crippen molar-refractivity contribution in [3.8, 4) is 6.07 Å². The molecule has 1 aromatic rings. The predicted molar refractivity (Wildman–Crippen MR) is 76.4 cm³/mol. The van der Waals surface area contributed by atoms with Crippen LogP contribution in [0.15, 0.2) is 23.1 Å². The standard InChI is InChI=1S/C14H19N3O2S/c1-11-7-13(4-3-12(11)8-15)20(18,19)17-6-5-14(2,9-16)10-17/h3-4,7H,5-6,9-10,16H2,1-2H3. The van der Waals surface area contributed by atoms with Crippen LogP contribution in [0.5, 0.6) is 0 Å². The van der Waals surface area contributed by atoms with Gasteiger partial charge in [-0.25, -0.2) is 8.42 Å². The number of hydrogen-bond donors (Lipinski definition) is 1. The van der Waals surface area contributed by atoms with E-state index in [1.807, 2.05) is 13.0 Å². The molecule has 2 N–H and O–H groups in total. The lowest BCUT2D eigenvalue weighted by Gasteiger charge is -2.22. The van der Waals surface area contributed by atoms with E-state index in [-0.39, 0.29) is 10.3 Å². The van der Waals surface area contributed by atoms with Crippen LogP contribution in [0.1, 0.15) is 24.5 Å². The van der Waals surface area contributed by atoms with Gasteiger partial charge in [0, 0.05) is 13.1 Å². The Bertz CT molecular complexity index is 663. The number of sulfonamides is 1. The SMILES string of the molecule is Cc1cc(S(=O)(=O)N2CCC(C)(CN)C2)ccc1C#N. The van der Waals surface area contributed by atoms with E-state index in [4.69, 9.17) is 11.0 Å². The van der Waals surface area contributed by atoms with Crippen LogP contribution in [0.25, 0.3) is 0 Å². The Morgan fingerprint density at radius 1 is 1.50 bits per heavy atom.